The van der Waals surface area contributed by atoms with Crippen LogP contribution in [-0.4, -0.2) is 55.1 Å². The van der Waals surface area contributed by atoms with E-state index in [2.05, 4.69) is 52.5 Å². The minimum atomic E-state index is 0.783. The Bertz CT molecular complexity index is 380. The van der Waals surface area contributed by atoms with E-state index in [9.17, 15) is 0 Å². The molecule has 0 atom stereocenters. The van der Waals surface area contributed by atoms with Gasteiger partial charge in [0.15, 0.2) is 0 Å². The summed E-state index contributed by atoms with van der Waals surface area (Å²) in [6, 6.07) is 12.4. The van der Waals surface area contributed by atoms with Crippen molar-refractivity contribution in [3.63, 3.8) is 0 Å². The SMILES string of the molecule is CN(C1CCN(Cc2ccccc2)CC1)C1CNC1. The molecule has 1 N–H and O–H groups in total. The van der Waals surface area contributed by atoms with Crippen LogP contribution in [0.1, 0.15) is 18.4 Å². The van der Waals surface area contributed by atoms with Gasteiger partial charge in [-0.2, -0.15) is 0 Å². The van der Waals surface area contributed by atoms with Gasteiger partial charge < -0.3 is 5.32 Å². The van der Waals surface area contributed by atoms with Crippen molar-refractivity contribution in [2.24, 2.45) is 0 Å². The van der Waals surface area contributed by atoms with Crippen LogP contribution in [0.5, 0.6) is 0 Å². The molecule has 0 saturated carbocycles. The molecule has 0 radical (unpaired) electrons. The molecule has 1 aromatic carbocycles. The fraction of sp³-hybridized carbons (Fsp3) is 0.625. The number of hydrogen-bond acceptors (Lipinski definition) is 3. The lowest BCUT2D eigenvalue weighted by Gasteiger charge is -2.43. The molecule has 2 heterocycles. The number of likely N-dealkylation sites (N-methyl/N-ethyl adjacent to an activating group) is 1. The van der Waals surface area contributed by atoms with Crippen molar-refractivity contribution in [2.45, 2.75) is 31.5 Å². The third-order valence-electron chi connectivity index (χ3n) is 4.72. The highest BCUT2D eigenvalue weighted by Crippen LogP contribution is 2.20. The standard InChI is InChI=1S/C16H25N3/c1-18(16-11-17-12-16)15-7-9-19(10-8-15)13-14-5-3-2-4-6-14/h2-6,15-17H,7-13H2,1H3. The van der Waals surface area contributed by atoms with Gasteiger partial charge >= 0.3 is 0 Å². The van der Waals surface area contributed by atoms with Gasteiger partial charge in [0.1, 0.15) is 0 Å². The number of nitrogens with zero attached hydrogens (tertiary/aromatic N) is 2. The molecule has 2 aliphatic rings. The second-order valence-corrected chi connectivity index (χ2v) is 5.97. The molecule has 0 amide bonds. The van der Waals surface area contributed by atoms with Crippen LogP contribution in [0.2, 0.25) is 0 Å². The van der Waals surface area contributed by atoms with Crippen LogP contribution in [-0.2, 0) is 6.54 Å². The number of rotatable bonds is 4. The van der Waals surface area contributed by atoms with Crippen LogP contribution in [0.4, 0.5) is 0 Å². The summed E-state index contributed by atoms with van der Waals surface area (Å²) in [4.78, 5) is 5.20. The van der Waals surface area contributed by atoms with Crippen molar-refractivity contribution in [3.8, 4) is 0 Å². The maximum Gasteiger partial charge on any atom is 0.0345 e. The Morgan fingerprint density at radius 3 is 2.37 bits per heavy atom. The number of hydrogen-bond donors (Lipinski definition) is 1. The molecular weight excluding hydrogens is 234 g/mol. The van der Waals surface area contributed by atoms with Crippen LogP contribution < -0.4 is 5.32 Å². The molecule has 2 fully saturated rings. The summed E-state index contributed by atoms with van der Waals surface area (Å²) in [6.07, 6.45) is 2.64. The lowest BCUT2D eigenvalue weighted by Crippen LogP contribution is -2.59. The lowest BCUT2D eigenvalue weighted by atomic mass is 9.99. The normalized spacial score (nSPS) is 22.6. The predicted molar refractivity (Wildman–Crippen MR) is 79.2 cm³/mol. The lowest BCUT2D eigenvalue weighted by molar-refractivity contribution is 0.0720. The summed E-state index contributed by atoms with van der Waals surface area (Å²) in [7, 11) is 2.31. The van der Waals surface area contributed by atoms with Crippen LogP contribution in [0.25, 0.3) is 0 Å². The summed E-state index contributed by atoms with van der Waals surface area (Å²) in [5.74, 6) is 0. The van der Waals surface area contributed by atoms with E-state index in [-0.39, 0.29) is 0 Å². The van der Waals surface area contributed by atoms with Gasteiger partial charge in [-0.05, 0) is 38.5 Å². The fourth-order valence-corrected chi connectivity index (χ4v) is 3.19. The minimum Gasteiger partial charge on any atom is -0.314 e. The molecule has 0 aromatic heterocycles. The van der Waals surface area contributed by atoms with E-state index in [1.807, 2.05) is 0 Å². The zero-order valence-electron chi connectivity index (χ0n) is 11.9. The van der Waals surface area contributed by atoms with Gasteiger partial charge in [-0.15, -0.1) is 0 Å². The van der Waals surface area contributed by atoms with Gasteiger partial charge in [0.25, 0.3) is 0 Å². The second kappa shape index (κ2) is 6.04. The number of likely N-dealkylation sites (tertiary alicyclic amines) is 1. The van der Waals surface area contributed by atoms with E-state index < -0.39 is 0 Å². The average molecular weight is 259 g/mol. The topological polar surface area (TPSA) is 18.5 Å². The van der Waals surface area contributed by atoms with E-state index in [1.54, 1.807) is 0 Å². The maximum absolute atomic E-state index is 3.37. The zero-order valence-corrected chi connectivity index (χ0v) is 11.9. The summed E-state index contributed by atoms with van der Waals surface area (Å²) in [6.45, 7) is 5.96. The molecule has 0 aliphatic carbocycles. The Balaban J connectivity index is 1.46. The molecule has 1 aromatic rings. The van der Waals surface area contributed by atoms with E-state index in [0.717, 1.165) is 18.6 Å². The summed E-state index contributed by atoms with van der Waals surface area (Å²) in [5.41, 5.74) is 1.44. The van der Waals surface area contributed by atoms with Gasteiger partial charge in [-0.3, -0.25) is 9.80 Å². The first-order valence-electron chi connectivity index (χ1n) is 7.52. The van der Waals surface area contributed by atoms with Gasteiger partial charge in [-0.1, -0.05) is 30.3 Å². The first-order chi connectivity index (χ1) is 9.33. The van der Waals surface area contributed by atoms with E-state index in [1.165, 1.54) is 44.6 Å². The molecule has 2 aliphatic heterocycles. The van der Waals surface area contributed by atoms with Crippen molar-refractivity contribution in [1.82, 2.24) is 15.1 Å². The van der Waals surface area contributed by atoms with Crippen molar-refractivity contribution >= 4 is 0 Å². The fourth-order valence-electron chi connectivity index (χ4n) is 3.19. The molecule has 0 unspecified atom stereocenters. The first kappa shape index (κ1) is 13.1. The molecular formula is C16H25N3. The van der Waals surface area contributed by atoms with Crippen LogP contribution in [0.15, 0.2) is 30.3 Å². The van der Waals surface area contributed by atoms with Crippen LogP contribution in [0.3, 0.4) is 0 Å². The number of nitrogens with one attached hydrogen (secondary N) is 1. The third kappa shape index (κ3) is 3.16. The molecule has 0 bridgehead atoms. The molecule has 0 spiro atoms. The monoisotopic (exact) mass is 259 g/mol. The smallest absolute Gasteiger partial charge is 0.0345 e. The average Bonchev–Trinajstić information content (AvgIpc) is 2.39. The summed E-state index contributed by atoms with van der Waals surface area (Å²) in [5, 5.41) is 3.37. The molecule has 19 heavy (non-hydrogen) atoms. The van der Waals surface area contributed by atoms with E-state index >= 15 is 0 Å². The zero-order chi connectivity index (χ0) is 13.1. The molecule has 3 nitrogen and oxygen atoms in total. The Morgan fingerprint density at radius 1 is 1.11 bits per heavy atom. The molecule has 2 saturated heterocycles. The Kier molecular flexibility index (Phi) is 4.16. The number of benzene rings is 1. The van der Waals surface area contributed by atoms with Gasteiger partial charge in [0, 0.05) is 31.7 Å². The molecule has 3 rings (SSSR count). The Labute approximate surface area is 116 Å². The summed E-state index contributed by atoms with van der Waals surface area (Å²) < 4.78 is 0. The molecule has 3 heteroatoms. The van der Waals surface area contributed by atoms with Crippen molar-refractivity contribution in [3.05, 3.63) is 35.9 Å². The van der Waals surface area contributed by atoms with Crippen molar-refractivity contribution < 1.29 is 0 Å². The first-order valence-corrected chi connectivity index (χ1v) is 7.52. The quantitative estimate of drug-likeness (QED) is 0.885. The predicted octanol–water partition coefficient (Wildman–Crippen LogP) is 1.55. The minimum absolute atomic E-state index is 0.783. The third-order valence-corrected chi connectivity index (χ3v) is 4.72. The Morgan fingerprint density at radius 2 is 1.79 bits per heavy atom. The maximum atomic E-state index is 3.37. The second-order valence-electron chi connectivity index (χ2n) is 5.97. The number of piperidine rings is 1. The van der Waals surface area contributed by atoms with Crippen molar-refractivity contribution in [2.75, 3.05) is 33.2 Å². The highest BCUT2D eigenvalue weighted by atomic mass is 15.3. The highest BCUT2D eigenvalue weighted by molar-refractivity contribution is 5.14. The largest absolute Gasteiger partial charge is 0.314 e. The summed E-state index contributed by atoms with van der Waals surface area (Å²) >= 11 is 0. The van der Waals surface area contributed by atoms with E-state index in [4.69, 9.17) is 0 Å². The van der Waals surface area contributed by atoms with Crippen LogP contribution in [0, 0.1) is 0 Å². The van der Waals surface area contributed by atoms with E-state index in [0.29, 0.717) is 0 Å². The highest BCUT2D eigenvalue weighted by Gasteiger charge is 2.29. The van der Waals surface area contributed by atoms with Gasteiger partial charge in [0.05, 0.1) is 0 Å². The van der Waals surface area contributed by atoms with Crippen molar-refractivity contribution in [1.29, 1.82) is 0 Å². The van der Waals surface area contributed by atoms with Gasteiger partial charge in [0.2, 0.25) is 0 Å². The molecule has 104 valence electrons. The van der Waals surface area contributed by atoms with Crippen LogP contribution >= 0.6 is 0 Å². The Hall–Kier alpha value is -0.900. The van der Waals surface area contributed by atoms with Gasteiger partial charge in [-0.25, -0.2) is 0 Å².